The fourth-order valence-electron chi connectivity index (χ4n) is 5.18. The van der Waals surface area contributed by atoms with Gasteiger partial charge in [0, 0.05) is 33.1 Å². The van der Waals surface area contributed by atoms with Gasteiger partial charge in [0.05, 0.1) is 17.1 Å². The number of anilines is 2. The van der Waals surface area contributed by atoms with Gasteiger partial charge in [0.2, 0.25) is 0 Å². The molecule has 0 aliphatic rings. The van der Waals surface area contributed by atoms with E-state index < -0.39 is 62.4 Å². The van der Waals surface area contributed by atoms with E-state index in [0.29, 0.717) is 11.3 Å². The minimum absolute atomic E-state index is 0.127. The van der Waals surface area contributed by atoms with E-state index in [0.717, 1.165) is 24.3 Å². The Morgan fingerprint density at radius 3 is 1.75 bits per heavy atom. The van der Waals surface area contributed by atoms with Crippen LogP contribution < -0.4 is 11.1 Å². The molecule has 0 aromatic heterocycles. The molecule has 0 heterocycles. The number of phenolic OH excluding ortho intramolecular Hbond substituents is 1. The van der Waals surface area contributed by atoms with Crippen molar-refractivity contribution in [3.05, 3.63) is 109 Å². The Kier molecular flexibility index (Phi) is 9.51. The molecule has 53 heavy (non-hydrogen) atoms. The molecule has 6 aromatic carbocycles. The quantitative estimate of drug-likeness (QED) is 0.0487. The van der Waals surface area contributed by atoms with Gasteiger partial charge in [-0.3, -0.25) is 18.5 Å². The van der Waals surface area contributed by atoms with Crippen molar-refractivity contribution < 1.29 is 48.8 Å². The first kappa shape index (κ1) is 36.6. The van der Waals surface area contributed by atoms with E-state index in [2.05, 4.69) is 25.8 Å². The number of azo groups is 2. The highest BCUT2D eigenvalue weighted by molar-refractivity contribution is 7.86. The molecule has 0 saturated heterocycles. The molecular formula is C33H24N6O11S3. The second-order valence-electron chi connectivity index (χ2n) is 11.2. The van der Waals surface area contributed by atoms with E-state index in [-0.39, 0.29) is 44.3 Å². The first-order valence-electron chi connectivity index (χ1n) is 14.8. The maximum Gasteiger partial charge on any atom is 0.296 e. The Bertz CT molecular complexity index is 2860. The van der Waals surface area contributed by atoms with Crippen LogP contribution in [0.1, 0.15) is 10.4 Å². The first-order chi connectivity index (χ1) is 24.9. The van der Waals surface area contributed by atoms with Crippen LogP contribution in [0.2, 0.25) is 0 Å². The summed E-state index contributed by atoms with van der Waals surface area (Å²) in [4.78, 5) is 10.6. The number of amides is 1. The molecule has 20 heteroatoms. The fourth-order valence-corrected chi connectivity index (χ4v) is 7.26. The van der Waals surface area contributed by atoms with E-state index in [9.17, 15) is 48.8 Å². The summed E-state index contributed by atoms with van der Waals surface area (Å²) < 4.78 is 102. The monoisotopic (exact) mass is 776 g/mol. The van der Waals surface area contributed by atoms with Gasteiger partial charge in [-0.15, -0.1) is 5.11 Å². The SMILES string of the molecule is Nc1ccc(C(=O)Nc2ccc3c(O)c(N=Nc4ccc(N=Nc5cc(S(=O)(=O)O)c6cccc(S(=O)(=O)O)c6c5)cc4)c(S(=O)(=O)O)cc3c2)cc1. The van der Waals surface area contributed by atoms with Crippen LogP contribution >= 0.6 is 0 Å². The highest BCUT2D eigenvalue weighted by Gasteiger charge is 2.23. The van der Waals surface area contributed by atoms with Crippen LogP contribution in [-0.2, 0) is 30.4 Å². The molecule has 270 valence electrons. The van der Waals surface area contributed by atoms with Gasteiger partial charge in [0.25, 0.3) is 36.3 Å². The number of fused-ring (bicyclic) bond motifs is 2. The second-order valence-corrected chi connectivity index (χ2v) is 15.4. The van der Waals surface area contributed by atoms with Gasteiger partial charge in [-0.25, -0.2) is 0 Å². The lowest BCUT2D eigenvalue weighted by atomic mass is 10.1. The summed E-state index contributed by atoms with van der Waals surface area (Å²) in [5.74, 6) is -1.10. The van der Waals surface area contributed by atoms with Crippen molar-refractivity contribution in [2.45, 2.75) is 14.7 Å². The molecule has 0 aliphatic heterocycles. The van der Waals surface area contributed by atoms with Gasteiger partial charge in [-0.1, -0.05) is 12.1 Å². The van der Waals surface area contributed by atoms with Crippen molar-refractivity contribution in [1.29, 1.82) is 0 Å². The van der Waals surface area contributed by atoms with Gasteiger partial charge >= 0.3 is 0 Å². The van der Waals surface area contributed by atoms with Crippen molar-refractivity contribution in [1.82, 2.24) is 0 Å². The third-order valence-electron chi connectivity index (χ3n) is 7.61. The second kappa shape index (κ2) is 13.8. The molecule has 6 rings (SSSR count). The summed E-state index contributed by atoms with van der Waals surface area (Å²) >= 11 is 0. The van der Waals surface area contributed by atoms with E-state index in [4.69, 9.17) is 5.73 Å². The Hall–Kier alpha value is -6.16. The topological polar surface area (TPSA) is 288 Å². The first-order valence-corrected chi connectivity index (χ1v) is 19.1. The summed E-state index contributed by atoms with van der Waals surface area (Å²) in [6, 6.07) is 22.6. The van der Waals surface area contributed by atoms with Crippen LogP contribution in [-0.4, -0.2) is 49.9 Å². The fraction of sp³-hybridized carbons (Fsp3) is 0. The Balaban J connectivity index is 1.28. The molecule has 0 bridgehead atoms. The molecule has 17 nitrogen and oxygen atoms in total. The van der Waals surface area contributed by atoms with Crippen molar-refractivity contribution in [3.63, 3.8) is 0 Å². The number of phenols is 1. The lowest BCUT2D eigenvalue weighted by Gasteiger charge is -2.11. The molecule has 6 aromatic rings. The van der Waals surface area contributed by atoms with Crippen LogP contribution in [0.5, 0.6) is 5.75 Å². The van der Waals surface area contributed by atoms with Crippen LogP contribution in [0.15, 0.2) is 138 Å². The van der Waals surface area contributed by atoms with E-state index in [1.807, 2.05) is 0 Å². The summed E-state index contributed by atoms with van der Waals surface area (Å²) in [6.07, 6.45) is 0. The standard InChI is InChI=1S/C33H24N6O11S3/c34-20-6-4-18(5-7-20)33(41)35-23-12-13-25-19(14-23)15-30(53(48,49)50)31(32(25)40)39-37-22-10-8-21(9-11-22)36-38-24-16-27-26(29(17-24)52(45,46)47)2-1-3-28(27)51(42,43)44/h1-17,40H,34H2,(H,35,41)(H,42,43,44)(H,45,46,47)(H,48,49,50). The lowest BCUT2D eigenvalue weighted by Crippen LogP contribution is -2.11. The maximum absolute atomic E-state index is 12.7. The molecule has 0 saturated carbocycles. The minimum atomic E-state index is -4.95. The number of rotatable bonds is 9. The largest absolute Gasteiger partial charge is 0.505 e. The number of nitrogen functional groups attached to an aromatic ring is 1. The zero-order valence-electron chi connectivity index (χ0n) is 26.6. The molecule has 0 fully saturated rings. The van der Waals surface area contributed by atoms with Crippen LogP contribution in [0.3, 0.4) is 0 Å². The number of carbonyl (C=O) groups excluding carboxylic acids is 1. The third-order valence-corrected chi connectivity index (χ3v) is 10.3. The molecule has 0 unspecified atom stereocenters. The zero-order valence-corrected chi connectivity index (χ0v) is 29.0. The summed E-state index contributed by atoms with van der Waals surface area (Å²) in [7, 11) is -14.6. The maximum atomic E-state index is 12.7. The number of nitrogens with two attached hydrogens (primary N) is 1. The molecular weight excluding hydrogens is 753 g/mol. The van der Waals surface area contributed by atoms with E-state index in [1.54, 1.807) is 12.1 Å². The summed E-state index contributed by atoms with van der Waals surface area (Å²) in [6.45, 7) is 0. The summed E-state index contributed by atoms with van der Waals surface area (Å²) in [5.41, 5.74) is 6.24. The van der Waals surface area contributed by atoms with Gasteiger partial charge in [0.1, 0.15) is 20.4 Å². The van der Waals surface area contributed by atoms with Crippen molar-refractivity contribution >= 4 is 91.9 Å². The third kappa shape index (κ3) is 8.02. The lowest BCUT2D eigenvalue weighted by molar-refractivity contribution is 0.102. The average molecular weight is 777 g/mol. The number of benzene rings is 6. The predicted molar refractivity (Wildman–Crippen MR) is 193 cm³/mol. The number of hydrogen-bond acceptors (Lipinski definition) is 13. The van der Waals surface area contributed by atoms with Crippen molar-refractivity contribution in [2.24, 2.45) is 20.5 Å². The smallest absolute Gasteiger partial charge is 0.296 e. The highest BCUT2D eigenvalue weighted by Crippen LogP contribution is 2.42. The molecule has 7 N–H and O–H groups in total. The highest BCUT2D eigenvalue weighted by atomic mass is 32.2. The van der Waals surface area contributed by atoms with E-state index >= 15 is 0 Å². The molecule has 1 amide bonds. The number of nitrogens with zero attached hydrogens (tertiary/aromatic N) is 4. The molecule has 0 spiro atoms. The van der Waals surface area contributed by atoms with Crippen molar-refractivity contribution in [2.75, 3.05) is 11.1 Å². The number of aromatic hydroxyl groups is 1. The normalized spacial score (nSPS) is 12.6. The minimum Gasteiger partial charge on any atom is -0.505 e. The number of nitrogens with one attached hydrogen (secondary N) is 1. The molecule has 0 radical (unpaired) electrons. The van der Waals surface area contributed by atoms with Gasteiger partial charge < -0.3 is 16.2 Å². The Morgan fingerprint density at radius 1 is 0.566 bits per heavy atom. The van der Waals surface area contributed by atoms with E-state index in [1.165, 1.54) is 66.7 Å². The van der Waals surface area contributed by atoms with Gasteiger partial charge in [-0.2, -0.15) is 40.6 Å². The van der Waals surface area contributed by atoms with Crippen LogP contribution in [0, 0.1) is 0 Å². The summed E-state index contributed by atoms with van der Waals surface area (Å²) in [5, 5.41) is 29.3. The average Bonchev–Trinajstić information content (AvgIpc) is 3.09. The molecule has 0 atom stereocenters. The van der Waals surface area contributed by atoms with Gasteiger partial charge in [-0.05, 0) is 96.4 Å². The molecule has 0 aliphatic carbocycles. The van der Waals surface area contributed by atoms with Crippen molar-refractivity contribution in [3.8, 4) is 5.75 Å². The number of carbonyl (C=O) groups is 1. The van der Waals surface area contributed by atoms with Crippen LogP contribution in [0.4, 0.5) is 34.1 Å². The van der Waals surface area contributed by atoms with Crippen LogP contribution in [0.25, 0.3) is 21.5 Å². The Morgan fingerprint density at radius 2 is 1.15 bits per heavy atom. The van der Waals surface area contributed by atoms with Gasteiger partial charge in [0.15, 0.2) is 5.75 Å². The number of hydrogen-bond donors (Lipinski definition) is 6. The zero-order chi connectivity index (χ0) is 38.3. The Labute approximate surface area is 300 Å². The predicted octanol–water partition coefficient (Wildman–Crippen LogP) is 7.10.